The average Bonchev–Trinajstić information content (AvgIpc) is 2.95. The van der Waals surface area contributed by atoms with E-state index in [9.17, 15) is 19.8 Å². The Bertz CT molecular complexity index is 792. The van der Waals surface area contributed by atoms with Crippen LogP contribution in [0.15, 0.2) is 18.2 Å². The Labute approximate surface area is 145 Å². The molecule has 1 aliphatic carbocycles. The first kappa shape index (κ1) is 17.6. The number of nitrogens with one attached hydrogen (secondary N) is 1. The zero-order valence-corrected chi connectivity index (χ0v) is 14.0. The molecule has 0 saturated heterocycles. The molecule has 6 nitrogen and oxygen atoms in total. The summed E-state index contributed by atoms with van der Waals surface area (Å²) in [6, 6.07) is 5.44. The molecule has 6 heteroatoms. The van der Waals surface area contributed by atoms with E-state index < -0.39 is 18.0 Å². The molecule has 0 aliphatic heterocycles. The Morgan fingerprint density at radius 1 is 1.24 bits per heavy atom. The maximum atomic E-state index is 11.1. The maximum Gasteiger partial charge on any atom is 0.372 e. The Hall–Kier alpha value is -2.18. The number of carbonyl (C=O) groups excluding carboxylic acids is 1. The summed E-state index contributed by atoms with van der Waals surface area (Å²) in [5, 5.41) is 28.3. The number of aryl methyl sites for hydroxylation is 1. The van der Waals surface area contributed by atoms with Crippen LogP contribution in [-0.4, -0.2) is 32.1 Å². The van der Waals surface area contributed by atoms with Crippen molar-refractivity contribution >= 4 is 22.7 Å². The first-order valence-corrected chi connectivity index (χ1v) is 8.71. The van der Waals surface area contributed by atoms with Gasteiger partial charge in [-0.25, -0.2) is 4.79 Å². The molecule has 1 heterocycles. The first-order valence-electron chi connectivity index (χ1n) is 8.71. The van der Waals surface area contributed by atoms with Gasteiger partial charge >= 0.3 is 5.97 Å². The number of hydrogen-bond donors (Lipinski definition) is 4. The smallest absolute Gasteiger partial charge is 0.372 e. The minimum atomic E-state index is -1.46. The van der Waals surface area contributed by atoms with Gasteiger partial charge in [0.2, 0.25) is 5.78 Å². The highest BCUT2D eigenvalue weighted by atomic mass is 16.5. The summed E-state index contributed by atoms with van der Waals surface area (Å²) in [6.45, 7) is 0. The van der Waals surface area contributed by atoms with Crippen molar-refractivity contribution in [1.82, 2.24) is 4.98 Å². The second-order valence-electron chi connectivity index (χ2n) is 6.84. The number of aliphatic carboxylic acids is 1. The zero-order chi connectivity index (χ0) is 18.0. The zero-order valence-electron chi connectivity index (χ0n) is 14.0. The predicted molar refractivity (Wildman–Crippen MR) is 92.1 cm³/mol. The number of carboxylic acids is 1. The number of fused-ring (bicyclic) bond motifs is 3. The number of rotatable bonds is 7. The molecule has 0 spiro atoms. The van der Waals surface area contributed by atoms with Crippen LogP contribution in [0.3, 0.4) is 0 Å². The maximum absolute atomic E-state index is 11.1. The van der Waals surface area contributed by atoms with E-state index in [-0.39, 0.29) is 6.42 Å². The van der Waals surface area contributed by atoms with Gasteiger partial charge in [0.15, 0.2) is 6.29 Å². The van der Waals surface area contributed by atoms with Crippen LogP contribution >= 0.6 is 0 Å². The molecule has 3 rings (SSSR count). The number of H-pyrrole nitrogens is 1. The molecule has 4 N–H and O–H groups in total. The van der Waals surface area contributed by atoms with Crippen LogP contribution in [-0.2, 0) is 22.4 Å². The van der Waals surface area contributed by atoms with E-state index in [0.717, 1.165) is 43.0 Å². The summed E-state index contributed by atoms with van der Waals surface area (Å²) in [5.41, 5.74) is 3.98. The third-order valence-corrected chi connectivity index (χ3v) is 5.12. The van der Waals surface area contributed by atoms with Gasteiger partial charge in [0.05, 0.1) is 0 Å². The molecule has 25 heavy (non-hydrogen) atoms. The van der Waals surface area contributed by atoms with E-state index in [2.05, 4.69) is 4.98 Å². The summed E-state index contributed by atoms with van der Waals surface area (Å²) in [6.07, 6.45) is 4.07. The van der Waals surface area contributed by atoms with Gasteiger partial charge in [0.25, 0.3) is 0 Å². The van der Waals surface area contributed by atoms with Crippen molar-refractivity contribution in [3.05, 3.63) is 35.0 Å². The molecule has 0 radical (unpaired) electrons. The van der Waals surface area contributed by atoms with E-state index in [1.807, 2.05) is 12.1 Å². The van der Waals surface area contributed by atoms with E-state index in [1.165, 1.54) is 11.3 Å². The fourth-order valence-electron chi connectivity index (χ4n) is 3.75. The number of aromatic amines is 1. The van der Waals surface area contributed by atoms with Crippen molar-refractivity contribution in [2.45, 2.75) is 51.2 Å². The Kier molecular flexibility index (Phi) is 5.20. The second-order valence-corrected chi connectivity index (χ2v) is 6.84. The number of unbranched alkanes of at least 4 members (excludes halogenated alkanes) is 1. The fraction of sp³-hybridized carbons (Fsp3) is 0.474. The van der Waals surface area contributed by atoms with Crippen LogP contribution in [0.5, 0.6) is 0 Å². The van der Waals surface area contributed by atoms with Gasteiger partial charge in [-0.2, -0.15) is 0 Å². The summed E-state index contributed by atoms with van der Waals surface area (Å²) in [5.74, 6) is -1.51. The lowest BCUT2D eigenvalue weighted by Crippen LogP contribution is -2.15. The summed E-state index contributed by atoms with van der Waals surface area (Å²) in [7, 11) is 0. The molecule has 1 aromatic heterocycles. The van der Waals surface area contributed by atoms with E-state index >= 15 is 0 Å². The third kappa shape index (κ3) is 3.91. The van der Waals surface area contributed by atoms with Gasteiger partial charge < -0.3 is 20.3 Å². The first-order chi connectivity index (χ1) is 12.0. The molecule has 0 bridgehead atoms. The lowest BCUT2D eigenvalue weighted by molar-refractivity contribution is -0.149. The Morgan fingerprint density at radius 2 is 2.04 bits per heavy atom. The van der Waals surface area contributed by atoms with Crippen molar-refractivity contribution in [1.29, 1.82) is 0 Å². The van der Waals surface area contributed by atoms with Crippen LogP contribution in [0.2, 0.25) is 0 Å². The Morgan fingerprint density at radius 3 is 2.76 bits per heavy atom. The minimum Gasteiger partial charge on any atom is -0.476 e. The van der Waals surface area contributed by atoms with E-state index in [4.69, 9.17) is 5.11 Å². The molecule has 1 atom stereocenters. The standard InChI is InChI=1S/C19H23NO5/c21-17(19(24)25)4-2-1-3-11-5-7-13-14-10-12(18(22)23)6-8-15(14)20-16(13)9-11/h6,8,10-11,18,20,22-23H,1-5,7,9H2,(H,24,25). The molecule has 0 fully saturated rings. The number of hydrogen-bond acceptors (Lipinski definition) is 4. The van der Waals surface area contributed by atoms with Crippen LogP contribution in [0, 0.1) is 5.92 Å². The van der Waals surface area contributed by atoms with Crippen LogP contribution in [0.25, 0.3) is 10.9 Å². The predicted octanol–water partition coefficient (Wildman–Crippen LogP) is 2.47. The largest absolute Gasteiger partial charge is 0.476 e. The normalized spacial score (nSPS) is 17.0. The molecule has 0 amide bonds. The number of aliphatic hydroxyl groups excluding tert-OH is 1. The topological polar surface area (TPSA) is 111 Å². The number of aliphatic hydroxyl groups is 2. The van der Waals surface area contributed by atoms with Gasteiger partial charge in [0.1, 0.15) is 0 Å². The SMILES string of the molecule is O=C(O)C(=O)CCCCC1CCc2c([nH]c3ccc(C(O)O)cc23)C1. The molecule has 2 aromatic rings. The Balaban J connectivity index is 1.61. The molecular formula is C19H23NO5. The quantitative estimate of drug-likeness (QED) is 0.350. The van der Waals surface area contributed by atoms with Crippen molar-refractivity contribution in [2.24, 2.45) is 5.92 Å². The lowest BCUT2D eigenvalue weighted by atomic mass is 9.83. The highest BCUT2D eigenvalue weighted by Crippen LogP contribution is 2.34. The molecule has 134 valence electrons. The monoisotopic (exact) mass is 345 g/mol. The van der Waals surface area contributed by atoms with Crippen molar-refractivity contribution in [3.8, 4) is 0 Å². The summed E-state index contributed by atoms with van der Waals surface area (Å²) < 4.78 is 0. The summed E-state index contributed by atoms with van der Waals surface area (Å²) >= 11 is 0. The second kappa shape index (κ2) is 7.37. The van der Waals surface area contributed by atoms with Gasteiger partial charge in [0, 0.05) is 28.6 Å². The van der Waals surface area contributed by atoms with Crippen molar-refractivity contribution < 1.29 is 24.9 Å². The van der Waals surface area contributed by atoms with E-state index in [0.29, 0.717) is 17.9 Å². The van der Waals surface area contributed by atoms with E-state index in [1.54, 1.807) is 6.07 Å². The third-order valence-electron chi connectivity index (χ3n) is 5.12. The minimum absolute atomic E-state index is 0.117. The van der Waals surface area contributed by atoms with Crippen molar-refractivity contribution in [2.75, 3.05) is 0 Å². The average molecular weight is 345 g/mol. The molecule has 0 saturated carbocycles. The van der Waals surface area contributed by atoms with Crippen LogP contribution < -0.4 is 0 Å². The molecular weight excluding hydrogens is 322 g/mol. The molecule has 1 aromatic carbocycles. The highest BCUT2D eigenvalue weighted by molar-refractivity contribution is 6.32. The van der Waals surface area contributed by atoms with Crippen LogP contribution in [0.1, 0.15) is 55.2 Å². The summed E-state index contributed by atoms with van der Waals surface area (Å²) in [4.78, 5) is 25.0. The number of benzene rings is 1. The number of aromatic nitrogens is 1. The number of carboxylic acid groups (broad SMARTS) is 1. The molecule has 1 unspecified atom stereocenters. The van der Waals surface area contributed by atoms with Gasteiger partial charge in [-0.3, -0.25) is 4.79 Å². The van der Waals surface area contributed by atoms with Gasteiger partial charge in [-0.15, -0.1) is 0 Å². The van der Waals surface area contributed by atoms with Gasteiger partial charge in [-0.05, 0) is 49.3 Å². The van der Waals surface area contributed by atoms with Gasteiger partial charge in [-0.1, -0.05) is 18.9 Å². The van der Waals surface area contributed by atoms with Crippen LogP contribution in [0.4, 0.5) is 0 Å². The number of Topliss-reactive ketones (excluding diaryl/α,β-unsaturated/α-hetero) is 1. The highest BCUT2D eigenvalue weighted by Gasteiger charge is 2.23. The number of carbonyl (C=O) groups is 2. The molecule has 1 aliphatic rings. The fourth-order valence-corrected chi connectivity index (χ4v) is 3.75. The lowest BCUT2D eigenvalue weighted by Gasteiger charge is -2.22. The number of ketones is 1. The van der Waals surface area contributed by atoms with Crippen molar-refractivity contribution in [3.63, 3.8) is 0 Å².